The molecule has 34 heavy (non-hydrogen) atoms. The summed E-state index contributed by atoms with van der Waals surface area (Å²) >= 11 is 8.37. The van der Waals surface area contributed by atoms with Gasteiger partial charge in [-0.1, -0.05) is 41.9 Å². The van der Waals surface area contributed by atoms with Crippen molar-refractivity contribution < 1.29 is 19.2 Å². The lowest BCUT2D eigenvalue weighted by Crippen LogP contribution is -2.19. The van der Waals surface area contributed by atoms with Crippen LogP contribution in [-0.4, -0.2) is 23.7 Å². The second kappa shape index (κ2) is 12.3. The Morgan fingerprint density at radius 3 is 2.59 bits per heavy atom. The molecule has 0 aliphatic carbocycles. The molecule has 176 valence electrons. The van der Waals surface area contributed by atoms with Gasteiger partial charge in [0, 0.05) is 22.7 Å². The van der Waals surface area contributed by atoms with Crippen LogP contribution in [0.1, 0.15) is 23.6 Å². The van der Waals surface area contributed by atoms with Gasteiger partial charge in [-0.2, -0.15) is 5.10 Å². The van der Waals surface area contributed by atoms with Gasteiger partial charge in [0.1, 0.15) is 6.61 Å². The number of carbonyl (C=O) groups is 1. The Morgan fingerprint density at radius 1 is 1.18 bits per heavy atom. The number of nitrogens with zero attached hydrogens (tertiary/aromatic N) is 2. The molecule has 0 aliphatic heterocycles. The summed E-state index contributed by atoms with van der Waals surface area (Å²) < 4.78 is 12.6. The summed E-state index contributed by atoms with van der Waals surface area (Å²) in [5.41, 5.74) is 4.66. The summed E-state index contributed by atoms with van der Waals surface area (Å²) in [5, 5.41) is 15.4. The summed E-state index contributed by atoms with van der Waals surface area (Å²) in [5.74, 6) is 0.811. The zero-order valence-corrected chi connectivity index (χ0v) is 21.1. The number of hydrogen-bond acceptors (Lipinski definition) is 6. The van der Waals surface area contributed by atoms with Crippen molar-refractivity contribution in [3.8, 4) is 11.5 Å². The van der Waals surface area contributed by atoms with Crippen LogP contribution in [0.2, 0.25) is 5.02 Å². The first-order valence-corrected chi connectivity index (χ1v) is 11.7. The highest BCUT2D eigenvalue weighted by Crippen LogP contribution is 2.35. The summed E-state index contributed by atoms with van der Waals surface area (Å²) in [6.45, 7) is 2.62. The highest BCUT2D eigenvalue weighted by molar-refractivity contribution is 14.1. The summed E-state index contributed by atoms with van der Waals surface area (Å²) in [4.78, 5) is 22.4. The maximum Gasteiger partial charge on any atom is 0.269 e. The minimum atomic E-state index is -0.487. The predicted octanol–water partition coefficient (Wildman–Crippen LogP) is 5.52. The molecule has 3 rings (SSSR count). The third-order valence-corrected chi connectivity index (χ3v) is 5.75. The normalized spacial score (nSPS) is 10.8. The molecule has 0 heterocycles. The van der Waals surface area contributed by atoms with Crippen LogP contribution < -0.4 is 14.9 Å². The topological polar surface area (TPSA) is 103 Å². The number of benzene rings is 3. The Bertz CT molecular complexity index is 1200. The van der Waals surface area contributed by atoms with E-state index in [-0.39, 0.29) is 18.0 Å². The van der Waals surface area contributed by atoms with E-state index >= 15 is 0 Å². The zero-order chi connectivity index (χ0) is 24.5. The Morgan fingerprint density at radius 2 is 1.91 bits per heavy atom. The van der Waals surface area contributed by atoms with E-state index in [1.165, 1.54) is 18.3 Å². The molecule has 0 aromatic heterocycles. The van der Waals surface area contributed by atoms with Crippen LogP contribution >= 0.6 is 34.2 Å². The Balaban J connectivity index is 1.65. The van der Waals surface area contributed by atoms with Crippen LogP contribution in [0.5, 0.6) is 11.5 Å². The van der Waals surface area contributed by atoms with Crippen molar-refractivity contribution >= 4 is 52.0 Å². The lowest BCUT2D eigenvalue weighted by atomic mass is 10.1. The van der Waals surface area contributed by atoms with Crippen molar-refractivity contribution in [2.75, 3.05) is 6.61 Å². The van der Waals surface area contributed by atoms with Gasteiger partial charge in [-0.15, -0.1) is 0 Å². The molecule has 10 heteroatoms. The molecule has 3 aromatic carbocycles. The smallest absolute Gasteiger partial charge is 0.269 e. The number of halogens is 2. The monoisotopic (exact) mass is 593 g/mol. The van der Waals surface area contributed by atoms with Crippen molar-refractivity contribution in [3.63, 3.8) is 0 Å². The van der Waals surface area contributed by atoms with Crippen molar-refractivity contribution in [1.82, 2.24) is 5.43 Å². The van der Waals surface area contributed by atoms with Crippen LogP contribution in [0.25, 0.3) is 0 Å². The second-order valence-electron chi connectivity index (χ2n) is 7.04. The second-order valence-corrected chi connectivity index (χ2v) is 8.61. The van der Waals surface area contributed by atoms with Crippen molar-refractivity contribution in [2.45, 2.75) is 20.0 Å². The number of non-ortho nitro benzene ring substituents is 1. The third kappa shape index (κ3) is 7.16. The van der Waals surface area contributed by atoms with Gasteiger partial charge in [-0.3, -0.25) is 14.9 Å². The largest absolute Gasteiger partial charge is 0.490 e. The fourth-order valence-electron chi connectivity index (χ4n) is 2.97. The third-order valence-electron chi connectivity index (χ3n) is 4.58. The average Bonchev–Trinajstić information content (AvgIpc) is 2.80. The molecule has 0 atom stereocenters. The summed E-state index contributed by atoms with van der Waals surface area (Å²) in [7, 11) is 0. The number of ether oxygens (including phenoxy) is 2. The molecule has 0 aliphatic rings. The molecule has 0 fully saturated rings. The van der Waals surface area contributed by atoms with Crippen LogP contribution in [0.3, 0.4) is 0 Å². The maximum atomic E-state index is 12.1. The highest BCUT2D eigenvalue weighted by atomic mass is 127. The average molecular weight is 594 g/mol. The number of amides is 1. The van der Waals surface area contributed by atoms with E-state index in [0.29, 0.717) is 40.9 Å². The Hall–Kier alpha value is -3.18. The minimum Gasteiger partial charge on any atom is -0.490 e. The van der Waals surface area contributed by atoms with Gasteiger partial charge in [-0.25, -0.2) is 5.43 Å². The Kier molecular flexibility index (Phi) is 9.23. The highest BCUT2D eigenvalue weighted by Gasteiger charge is 2.13. The summed E-state index contributed by atoms with van der Waals surface area (Å²) in [6, 6.07) is 16.9. The van der Waals surface area contributed by atoms with Crippen molar-refractivity contribution in [2.24, 2.45) is 5.10 Å². The van der Waals surface area contributed by atoms with E-state index < -0.39 is 4.92 Å². The van der Waals surface area contributed by atoms with E-state index in [4.69, 9.17) is 21.1 Å². The lowest BCUT2D eigenvalue weighted by Gasteiger charge is -2.15. The number of hydrogen-bond donors (Lipinski definition) is 1. The molecule has 0 bridgehead atoms. The van der Waals surface area contributed by atoms with Gasteiger partial charge in [0.2, 0.25) is 5.91 Å². The molecule has 0 saturated heterocycles. The van der Waals surface area contributed by atoms with Gasteiger partial charge >= 0.3 is 0 Å². The molecule has 0 unspecified atom stereocenters. The molecule has 0 radical (unpaired) electrons. The first kappa shape index (κ1) is 25.4. The molecule has 1 amide bonds. The number of hydrazone groups is 1. The molecule has 0 spiro atoms. The number of carbonyl (C=O) groups excluding carboxylic acids is 1. The van der Waals surface area contributed by atoms with Gasteiger partial charge in [0.05, 0.1) is 27.7 Å². The van der Waals surface area contributed by atoms with Crippen LogP contribution in [0.15, 0.2) is 65.8 Å². The first-order valence-electron chi connectivity index (χ1n) is 10.2. The fraction of sp³-hybridized carbons (Fsp3) is 0.167. The van der Waals surface area contributed by atoms with Gasteiger partial charge < -0.3 is 9.47 Å². The quantitative estimate of drug-likeness (QED) is 0.144. The molecule has 1 N–H and O–H groups in total. The van der Waals surface area contributed by atoms with Crippen LogP contribution in [-0.2, 0) is 17.8 Å². The van der Waals surface area contributed by atoms with E-state index in [0.717, 1.165) is 9.13 Å². The van der Waals surface area contributed by atoms with E-state index in [1.54, 1.807) is 18.2 Å². The minimum absolute atomic E-state index is 0.0267. The number of nitro groups is 1. The van der Waals surface area contributed by atoms with Gasteiger partial charge in [-0.05, 0) is 58.8 Å². The van der Waals surface area contributed by atoms with E-state index in [1.807, 2.05) is 37.3 Å². The fourth-order valence-corrected chi connectivity index (χ4v) is 3.94. The first-order chi connectivity index (χ1) is 16.4. The number of nitro benzene ring substituents is 1. The van der Waals surface area contributed by atoms with E-state index in [9.17, 15) is 14.9 Å². The standard InChI is InChI=1S/C24H21ClIN3O5/c1-2-33-22-12-17(11-21(26)24(22)34-15-18-5-3-4-6-20(18)25)14-27-28-23(30)13-16-7-9-19(10-8-16)29(31)32/h3-12,14H,2,13,15H2,1H3,(H,28,30). The molecular weight excluding hydrogens is 573 g/mol. The Labute approximate surface area is 215 Å². The van der Waals surface area contributed by atoms with Crippen LogP contribution in [0, 0.1) is 13.7 Å². The number of rotatable bonds is 10. The zero-order valence-electron chi connectivity index (χ0n) is 18.2. The molecule has 8 nitrogen and oxygen atoms in total. The number of nitrogens with one attached hydrogen (secondary N) is 1. The summed E-state index contributed by atoms with van der Waals surface area (Å²) in [6.07, 6.45) is 1.56. The van der Waals surface area contributed by atoms with Gasteiger partial charge in [0.15, 0.2) is 11.5 Å². The molecular formula is C24H21ClIN3O5. The van der Waals surface area contributed by atoms with Crippen molar-refractivity contribution in [3.05, 3.63) is 96.1 Å². The molecule has 0 saturated carbocycles. The predicted molar refractivity (Wildman–Crippen MR) is 139 cm³/mol. The maximum absolute atomic E-state index is 12.1. The van der Waals surface area contributed by atoms with Gasteiger partial charge in [0.25, 0.3) is 5.69 Å². The van der Waals surface area contributed by atoms with E-state index in [2.05, 4.69) is 33.1 Å². The molecule has 3 aromatic rings. The SMILES string of the molecule is CCOc1cc(C=NNC(=O)Cc2ccc([N+](=O)[O-])cc2)cc(I)c1OCc1ccccc1Cl. The lowest BCUT2D eigenvalue weighted by molar-refractivity contribution is -0.384. The van der Waals surface area contributed by atoms with Crippen LogP contribution in [0.4, 0.5) is 5.69 Å². The van der Waals surface area contributed by atoms with Crippen molar-refractivity contribution in [1.29, 1.82) is 0 Å².